The molecule has 0 bridgehead atoms. The summed E-state index contributed by atoms with van der Waals surface area (Å²) < 4.78 is 30.4. The molecule has 0 atom stereocenters. The van der Waals surface area contributed by atoms with Gasteiger partial charge in [0.2, 0.25) is 15.9 Å². The number of rotatable bonds is 7. The summed E-state index contributed by atoms with van der Waals surface area (Å²) in [4.78, 5) is 13.9. The van der Waals surface area contributed by atoms with E-state index in [9.17, 15) is 13.2 Å². The van der Waals surface area contributed by atoms with Gasteiger partial charge in [-0.25, -0.2) is 12.7 Å². The van der Waals surface area contributed by atoms with Gasteiger partial charge in [-0.1, -0.05) is 30.3 Å². The Hall–Kier alpha value is -1.44. The van der Waals surface area contributed by atoms with E-state index in [1.54, 1.807) is 4.90 Å². The second kappa shape index (κ2) is 8.42. The van der Waals surface area contributed by atoms with E-state index in [0.717, 1.165) is 5.56 Å². The molecule has 128 valence electrons. The molecule has 1 aromatic carbocycles. The van der Waals surface area contributed by atoms with Crippen molar-refractivity contribution >= 4 is 15.9 Å². The van der Waals surface area contributed by atoms with Gasteiger partial charge in [0, 0.05) is 32.6 Å². The van der Waals surface area contributed by atoms with E-state index in [4.69, 9.17) is 4.74 Å². The monoisotopic (exact) mass is 340 g/mol. The zero-order chi connectivity index (χ0) is 16.7. The third-order valence-corrected chi connectivity index (χ3v) is 5.20. The Labute approximate surface area is 138 Å². The molecule has 2 rings (SSSR count). The van der Waals surface area contributed by atoms with Crippen molar-refractivity contribution in [3.05, 3.63) is 35.9 Å². The predicted molar refractivity (Wildman–Crippen MR) is 88.6 cm³/mol. The van der Waals surface area contributed by atoms with Gasteiger partial charge in [-0.3, -0.25) is 4.79 Å². The minimum atomic E-state index is -3.32. The van der Waals surface area contributed by atoms with Gasteiger partial charge in [-0.2, -0.15) is 0 Å². The zero-order valence-electron chi connectivity index (χ0n) is 13.5. The summed E-state index contributed by atoms with van der Waals surface area (Å²) in [5, 5.41) is 0. The normalized spacial score (nSPS) is 15.8. The van der Waals surface area contributed by atoms with Gasteiger partial charge in [0.15, 0.2) is 0 Å². The van der Waals surface area contributed by atoms with Crippen molar-refractivity contribution in [3.63, 3.8) is 0 Å². The molecule has 6 nitrogen and oxygen atoms in total. The van der Waals surface area contributed by atoms with Crippen LogP contribution in [-0.2, 0) is 26.0 Å². The highest BCUT2D eigenvalue weighted by atomic mass is 32.2. The predicted octanol–water partition coefficient (Wildman–Crippen LogP) is 0.740. The van der Waals surface area contributed by atoms with E-state index in [1.165, 1.54) is 10.6 Å². The topological polar surface area (TPSA) is 66.9 Å². The molecule has 0 unspecified atom stereocenters. The first-order valence-electron chi connectivity index (χ1n) is 7.81. The van der Waals surface area contributed by atoms with Crippen LogP contribution in [0.3, 0.4) is 0 Å². The Bertz CT molecular complexity index is 598. The Morgan fingerprint density at radius 2 is 1.83 bits per heavy atom. The molecule has 1 saturated heterocycles. The maximum atomic E-state index is 12.2. The van der Waals surface area contributed by atoms with E-state index in [0.29, 0.717) is 39.3 Å². The van der Waals surface area contributed by atoms with Crippen LogP contribution in [0.15, 0.2) is 30.3 Å². The molecule has 0 spiro atoms. The Morgan fingerprint density at radius 3 is 2.43 bits per heavy atom. The standard InChI is InChI=1S/C16H24N2O4S/c1-23(20,21)18(9-7-15-5-3-2-4-6-15)10-8-16(19)17-11-13-22-14-12-17/h2-6H,7-14H2,1H3. The van der Waals surface area contributed by atoms with Gasteiger partial charge >= 0.3 is 0 Å². The second-order valence-corrected chi connectivity index (χ2v) is 7.62. The van der Waals surface area contributed by atoms with Crippen LogP contribution in [0.2, 0.25) is 0 Å². The van der Waals surface area contributed by atoms with Gasteiger partial charge in [0.05, 0.1) is 19.5 Å². The highest BCUT2D eigenvalue weighted by Crippen LogP contribution is 2.07. The smallest absolute Gasteiger partial charge is 0.224 e. The summed E-state index contributed by atoms with van der Waals surface area (Å²) in [6.07, 6.45) is 2.04. The molecule has 1 aromatic rings. The van der Waals surface area contributed by atoms with E-state index in [2.05, 4.69) is 0 Å². The SMILES string of the molecule is CS(=O)(=O)N(CCC(=O)N1CCOCC1)CCc1ccccc1. The molecule has 1 aliphatic heterocycles. The largest absolute Gasteiger partial charge is 0.378 e. The molecule has 23 heavy (non-hydrogen) atoms. The first kappa shape index (κ1) is 17.9. The fourth-order valence-electron chi connectivity index (χ4n) is 2.53. The lowest BCUT2D eigenvalue weighted by atomic mass is 10.1. The van der Waals surface area contributed by atoms with Crippen molar-refractivity contribution in [2.75, 3.05) is 45.6 Å². The molecule has 1 aliphatic rings. The second-order valence-electron chi connectivity index (χ2n) is 5.64. The van der Waals surface area contributed by atoms with E-state index >= 15 is 0 Å². The fraction of sp³-hybridized carbons (Fsp3) is 0.562. The summed E-state index contributed by atoms with van der Waals surface area (Å²) >= 11 is 0. The number of carbonyl (C=O) groups excluding carboxylic acids is 1. The van der Waals surface area contributed by atoms with E-state index in [-0.39, 0.29) is 18.9 Å². The Morgan fingerprint density at radius 1 is 1.17 bits per heavy atom. The van der Waals surface area contributed by atoms with Gasteiger partial charge in [-0.05, 0) is 12.0 Å². The molecule has 0 saturated carbocycles. The molecular weight excluding hydrogens is 316 g/mol. The van der Waals surface area contributed by atoms with Gasteiger partial charge < -0.3 is 9.64 Å². The first-order chi connectivity index (χ1) is 11.0. The van der Waals surface area contributed by atoms with Crippen LogP contribution in [0, 0.1) is 0 Å². The third kappa shape index (κ3) is 5.93. The van der Waals surface area contributed by atoms with Crippen LogP contribution >= 0.6 is 0 Å². The van der Waals surface area contributed by atoms with Crippen LogP contribution in [-0.4, -0.2) is 69.2 Å². The molecule has 0 aromatic heterocycles. The number of benzene rings is 1. The van der Waals surface area contributed by atoms with Crippen LogP contribution in [0.4, 0.5) is 0 Å². The zero-order valence-corrected chi connectivity index (χ0v) is 14.3. The third-order valence-electron chi connectivity index (χ3n) is 3.90. The molecule has 0 N–H and O–H groups in total. The number of amides is 1. The number of nitrogens with zero attached hydrogens (tertiary/aromatic N) is 2. The van der Waals surface area contributed by atoms with Gasteiger partial charge in [0.1, 0.15) is 0 Å². The van der Waals surface area contributed by atoms with Crippen molar-refractivity contribution in [2.45, 2.75) is 12.8 Å². The summed E-state index contributed by atoms with van der Waals surface area (Å²) in [6, 6.07) is 9.74. The maximum absolute atomic E-state index is 12.2. The maximum Gasteiger partial charge on any atom is 0.224 e. The number of hydrogen-bond donors (Lipinski definition) is 0. The summed E-state index contributed by atoms with van der Waals surface area (Å²) in [6.45, 7) is 2.88. The minimum Gasteiger partial charge on any atom is -0.378 e. The van der Waals surface area contributed by atoms with Crippen LogP contribution in [0.1, 0.15) is 12.0 Å². The summed E-state index contributed by atoms with van der Waals surface area (Å²) in [5.41, 5.74) is 1.08. The lowest BCUT2D eigenvalue weighted by molar-refractivity contribution is -0.135. The van der Waals surface area contributed by atoms with Crippen molar-refractivity contribution in [2.24, 2.45) is 0 Å². The highest BCUT2D eigenvalue weighted by Gasteiger charge is 2.21. The molecular formula is C16H24N2O4S. The summed E-state index contributed by atoms with van der Waals surface area (Å²) in [7, 11) is -3.32. The van der Waals surface area contributed by atoms with Crippen molar-refractivity contribution in [1.82, 2.24) is 9.21 Å². The Balaban J connectivity index is 1.87. The quantitative estimate of drug-likeness (QED) is 0.734. The number of morpholine rings is 1. The highest BCUT2D eigenvalue weighted by molar-refractivity contribution is 7.88. The average molecular weight is 340 g/mol. The van der Waals surface area contributed by atoms with E-state index < -0.39 is 10.0 Å². The lowest BCUT2D eigenvalue weighted by Crippen LogP contribution is -2.42. The van der Waals surface area contributed by atoms with Crippen molar-refractivity contribution in [3.8, 4) is 0 Å². The first-order valence-corrected chi connectivity index (χ1v) is 9.66. The minimum absolute atomic E-state index is 0.0124. The number of hydrogen-bond acceptors (Lipinski definition) is 4. The number of sulfonamides is 1. The van der Waals surface area contributed by atoms with Gasteiger partial charge in [0.25, 0.3) is 0 Å². The molecule has 1 amide bonds. The number of ether oxygens (including phenoxy) is 1. The molecule has 0 aliphatic carbocycles. The number of carbonyl (C=O) groups is 1. The summed E-state index contributed by atoms with van der Waals surface area (Å²) in [5.74, 6) is -0.0124. The molecule has 1 heterocycles. The Kier molecular flexibility index (Phi) is 6.56. The van der Waals surface area contributed by atoms with Crippen LogP contribution in [0.5, 0.6) is 0 Å². The molecule has 0 radical (unpaired) electrons. The van der Waals surface area contributed by atoms with Crippen LogP contribution < -0.4 is 0 Å². The van der Waals surface area contributed by atoms with Gasteiger partial charge in [-0.15, -0.1) is 0 Å². The van der Waals surface area contributed by atoms with Crippen LogP contribution in [0.25, 0.3) is 0 Å². The van der Waals surface area contributed by atoms with Crippen molar-refractivity contribution in [1.29, 1.82) is 0 Å². The fourth-order valence-corrected chi connectivity index (χ4v) is 3.38. The molecule has 7 heteroatoms. The lowest BCUT2D eigenvalue weighted by Gasteiger charge is -2.28. The van der Waals surface area contributed by atoms with E-state index in [1.807, 2.05) is 30.3 Å². The molecule has 1 fully saturated rings. The van der Waals surface area contributed by atoms with Crippen molar-refractivity contribution < 1.29 is 17.9 Å². The average Bonchev–Trinajstić information content (AvgIpc) is 2.55.